The van der Waals surface area contributed by atoms with Gasteiger partial charge in [-0.3, -0.25) is 4.72 Å². The second-order valence-electron chi connectivity index (χ2n) is 10.6. The highest BCUT2D eigenvalue weighted by atomic mass is 32.2. The molecule has 2 heterocycles. The van der Waals surface area contributed by atoms with Crippen LogP contribution >= 0.6 is 0 Å². The predicted molar refractivity (Wildman–Crippen MR) is 165 cm³/mol. The molecular weight excluding hydrogens is 590 g/mol. The number of imidazole rings is 1. The van der Waals surface area contributed by atoms with E-state index in [-0.39, 0.29) is 29.0 Å². The summed E-state index contributed by atoms with van der Waals surface area (Å²) >= 11 is 0. The molecule has 234 valence electrons. The first-order chi connectivity index (χ1) is 21.1. The number of nitrogens with one attached hydrogen (secondary N) is 4. The summed E-state index contributed by atoms with van der Waals surface area (Å²) in [5.74, 6) is -0.359. The second kappa shape index (κ2) is 13.4. The molecule has 1 saturated heterocycles. The molecule has 2 atom stereocenters. The molecule has 0 spiro atoms. The van der Waals surface area contributed by atoms with Gasteiger partial charge in [-0.25, -0.2) is 18.0 Å². The predicted octanol–water partition coefficient (Wildman–Crippen LogP) is 2.51. The van der Waals surface area contributed by atoms with Crippen LogP contribution in [0.25, 0.3) is 11.0 Å². The Balaban J connectivity index is 1.06. The fraction of sp³-hybridized carbons (Fsp3) is 0.333. The number of rotatable bonds is 13. The lowest BCUT2D eigenvalue weighted by Gasteiger charge is -2.34. The van der Waals surface area contributed by atoms with Crippen LogP contribution in [0.2, 0.25) is 0 Å². The van der Waals surface area contributed by atoms with E-state index in [4.69, 9.17) is 14.6 Å². The number of para-hydroxylation sites is 1. The summed E-state index contributed by atoms with van der Waals surface area (Å²) in [6.07, 6.45) is -0.0351. The van der Waals surface area contributed by atoms with Crippen LogP contribution in [-0.2, 0) is 14.8 Å². The van der Waals surface area contributed by atoms with E-state index in [2.05, 4.69) is 24.9 Å². The average molecular weight is 626 g/mol. The van der Waals surface area contributed by atoms with Crippen LogP contribution in [0, 0.1) is 0 Å². The Bertz CT molecular complexity index is 1730. The summed E-state index contributed by atoms with van der Waals surface area (Å²) in [5, 5.41) is 22.8. The van der Waals surface area contributed by atoms with Gasteiger partial charge in [0.25, 0.3) is 10.0 Å². The topological polar surface area (TPSA) is 186 Å². The van der Waals surface area contributed by atoms with E-state index in [1.165, 1.54) is 31.2 Å². The third-order valence-electron chi connectivity index (χ3n) is 7.36. The summed E-state index contributed by atoms with van der Waals surface area (Å²) in [7, 11) is -3.85. The van der Waals surface area contributed by atoms with E-state index in [0.717, 1.165) is 31.6 Å². The summed E-state index contributed by atoms with van der Waals surface area (Å²) < 4.78 is 39.2. The van der Waals surface area contributed by atoms with E-state index in [9.17, 15) is 23.1 Å². The van der Waals surface area contributed by atoms with E-state index < -0.39 is 28.2 Å². The van der Waals surface area contributed by atoms with Gasteiger partial charge in [0, 0.05) is 37.1 Å². The molecule has 1 aliphatic rings. The van der Waals surface area contributed by atoms with E-state index >= 15 is 0 Å². The molecule has 0 aliphatic carbocycles. The number of hydrogen-bond acceptors (Lipinski definition) is 9. The molecule has 1 fully saturated rings. The number of anilines is 2. The number of piperidine rings is 1. The maximum Gasteiger partial charge on any atom is 0.344 e. The quantitative estimate of drug-likeness (QED) is 0.129. The van der Waals surface area contributed by atoms with Gasteiger partial charge < -0.3 is 39.9 Å². The van der Waals surface area contributed by atoms with Crippen molar-refractivity contribution in [1.29, 1.82) is 0 Å². The van der Waals surface area contributed by atoms with Crippen molar-refractivity contribution in [1.82, 2.24) is 15.3 Å². The highest BCUT2D eigenvalue weighted by Gasteiger charge is 2.21. The first-order valence-electron chi connectivity index (χ1n) is 14.2. The molecule has 6 N–H and O–H groups in total. The Kier molecular flexibility index (Phi) is 9.42. The lowest BCUT2D eigenvalue weighted by Crippen LogP contribution is -2.45. The van der Waals surface area contributed by atoms with Crippen LogP contribution in [0.3, 0.4) is 0 Å². The Hall–Kier alpha value is -4.53. The minimum Gasteiger partial charge on any atom is -0.489 e. The third kappa shape index (κ3) is 7.70. The van der Waals surface area contributed by atoms with E-state index in [0.29, 0.717) is 29.0 Å². The Morgan fingerprint density at radius 3 is 2.43 bits per heavy atom. The lowest BCUT2D eigenvalue weighted by atomic mass is 10.0. The minimum absolute atomic E-state index is 0.0255. The van der Waals surface area contributed by atoms with Gasteiger partial charge in [-0.15, -0.1) is 0 Å². The fourth-order valence-electron chi connectivity index (χ4n) is 4.95. The van der Waals surface area contributed by atoms with Gasteiger partial charge >= 0.3 is 11.7 Å². The molecule has 1 unspecified atom stereocenters. The summed E-state index contributed by atoms with van der Waals surface area (Å²) in [6.45, 7) is 3.44. The van der Waals surface area contributed by atoms with Gasteiger partial charge in [-0.2, -0.15) is 0 Å². The first-order valence-corrected chi connectivity index (χ1v) is 15.7. The largest absolute Gasteiger partial charge is 0.489 e. The van der Waals surface area contributed by atoms with Crippen LogP contribution in [0.5, 0.6) is 11.5 Å². The number of carbonyl (C=O) groups is 1. The molecule has 44 heavy (non-hydrogen) atoms. The van der Waals surface area contributed by atoms with Crippen molar-refractivity contribution in [3.8, 4) is 11.5 Å². The molecule has 5 rings (SSSR count). The minimum atomic E-state index is -3.85. The Morgan fingerprint density at radius 2 is 1.75 bits per heavy atom. The van der Waals surface area contributed by atoms with Crippen molar-refractivity contribution in [3.05, 3.63) is 77.2 Å². The number of carboxylic acid groups (broad SMARTS) is 1. The maximum absolute atomic E-state index is 12.8. The molecule has 0 amide bonds. The number of nitrogens with zero attached hydrogens (tertiary/aromatic N) is 1. The number of fused-ring (bicyclic) bond motifs is 1. The molecule has 4 aromatic rings. The second-order valence-corrected chi connectivity index (χ2v) is 12.3. The number of benzene rings is 3. The van der Waals surface area contributed by atoms with E-state index in [1.807, 2.05) is 12.1 Å². The van der Waals surface area contributed by atoms with Crippen LogP contribution in [-0.4, -0.2) is 79.1 Å². The van der Waals surface area contributed by atoms with Gasteiger partial charge in [0.15, 0.2) is 6.10 Å². The number of carboxylic acids is 1. The Morgan fingerprint density at radius 1 is 1.05 bits per heavy atom. The normalized spacial score (nSPS) is 15.5. The first kappa shape index (κ1) is 30.9. The number of sulfonamides is 1. The van der Waals surface area contributed by atoms with Crippen LogP contribution in [0.15, 0.2) is 76.4 Å². The number of aromatic nitrogens is 2. The van der Waals surface area contributed by atoms with Gasteiger partial charge in [0.2, 0.25) is 0 Å². The van der Waals surface area contributed by atoms with Crippen molar-refractivity contribution in [2.24, 2.45) is 0 Å². The monoisotopic (exact) mass is 625 g/mol. The number of ether oxygens (including phenoxy) is 2. The zero-order valence-corrected chi connectivity index (χ0v) is 24.8. The van der Waals surface area contributed by atoms with Gasteiger partial charge in [0.1, 0.15) is 29.7 Å². The standard InChI is InChI=1S/C30H35N5O8S/c1-19(29(37)38)43-24-9-11-25(12-10-24)44(40,41)34-21-5-7-22(8-6-21)35-15-13-20(14-16-35)31-17-23(36)18-42-27-4-2-3-26-28(27)33-30(39)32-26/h2-12,19-20,23,31,34,36H,13-18H2,1H3,(H,37,38)(H2,32,33,39)/t19?,23-/m0/s1. The van der Waals surface area contributed by atoms with E-state index in [1.54, 1.807) is 30.3 Å². The fourth-order valence-corrected chi connectivity index (χ4v) is 6.01. The molecule has 0 bridgehead atoms. The summed E-state index contributed by atoms with van der Waals surface area (Å²) in [4.78, 5) is 30.1. The number of hydrogen-bond donors (Lipinski definition) is 6. The number of aliphatic hydroxyl groups excluding tert-OH is 1. The Labute approximate surface area is 253 Å². The third-order valence-corrected chi connectivity index (χ3v) is 8.76. The number of aliphatic hydroxyl groups is 1. The van der Waals surface area contributed by atoms with Crippen molar-refractivity contribution >= 4 is 38.4 Å². The molecule has 1 aromatic heterocycles. The molecule has 0 radical (unpaired) electrons. The average Bonchev–Trinajstić information content (AvgIpc) is 3.40. The smallest absolute Gasteiger partial charge is 0.344 e. The number of aromatic amines is 2. The molecule has 14 heteroatoms. The van der Waals surface area contributed by atoms with Crippen LogP contribution < -0.4 is 30.1 Å². The van der Waals surface area contributed by atoms with Crippen molar-refractivity contribution in [3.63, 3.8) is 0 Å². The highest BCUT2D eigenvalue weighted by Crippen LogP contribution is 2.25. The van der Waals surface area contributed by atoms with Crippen LogP contribution in [0.4, 0.5) is 11.4 Å². The van der Waals surface area contributed by atoms with Crippen molar-refractivity contribution < 1.29 is 32.9 Å². The molecular formula is C30H35N5O8S. The maximum atomic E-state index is 12.8. The summed E-state index contributed by atoms with van der Waals surface area (Å²) in [5.41, 5.74) is 2.30. The highest BCUT2D eigenvalue weighted by molar-refractivity contribution is 7.92. The number of aliphatic carboxylic acids is 1. The molecule has 1 aliphatic heterocycles. The van der Waals surface area contributed by atoms with Crippen LogP contribution in [0.1, 0.15) is 19.8 Å². The number of H-pyrrole nitrogens is 2. The molecule has 13 nitrogen and oxygen atoms in total. The van der Waals surface area contributed by atoms with Gasteiger partial charge in [0.05, 0.1) is 10.4 Å². The zero-order valence-electron chi connectivity index (χ0n) is 24.0. The summed E-state index contributed by atoms with van der Waals surface area (Å²) in [6, 6.07) is 18.2. The van der Waals surface area contributed by atoms with Gasteiger partial charge in [-0.05, 0) is 80.4 Å². The lowest BCUT2D eigenvalue weighted by molar-refractivity contribution is -0.144. The van der Waals surface area contributed by atoms with Crippen molar-refractivity contribution in [2.45, 2.75) is 42.9 Å². The molecule has 3 aromatic carbocycles. The zero-order chi connectivity index (χ0) is 31.3. The van der Waals surface area contributed by atoms with Gasteiger partial charge in [-0.1, -0.05) is 6.07 Å². The van der Waals surface area contributed by atoms with Crippen molar-refractivity contribution in [2.75, 3.05) is 35.9 Å². The molecule has 0 saturated carbocycles. The SMILES string of the molecule is CC(Oc1ccc(S(=O)(=O)Nc2ccc(N3CCC(NC[C@H](O)COc4cccc5[nH]c(=O)[nH]c45)CC3)cc2)cc1)C(=O)O.